The zero-order chi connectivity index (χ0) is 19.1. The number of carbonyl (C=O) groups excluding carboxylic acids is 1. The standard InChI is InChI=1S/C18H13F3N2O3/c1-23(11-8-6-10(7-9-11)18(19,20)21)17(26)14-15(24)12-4-2-3-5-13(12)22-16(14)25/h2-9H,1H3,(H2,22,24,25). The summed E-state index contributed by atoms with van der Waals surface area (Å²) < 4.78 is 37.9. The molecule has 134 valence electrons. The Morgan fingerprint density at radius 1 is 1.08 bits per heavy atom. The van der Waals surface area contributed by atoms with Gasteiger partial charge in [-0.25, -0.2) is 0 Å². The van der Waals surface area contributed by atoms with E-state index in [1.54, 1.807) is 18.2 Å². The number of aromatic amines is 1. The number of nitrogens with zero attached hydrogens (tertiary/aromatic N) is 1. The van der Waals surface area contributed by atoms with Crippen molar-refractivity contribution in [3.8, 4) is 5.75 Å². The van der Waals surface area contributed by atoms with E-state index < -0.39 is 34.5 Å². The summed E-state index contributed by atoms with van der Waals surface area (Å²) in [6, 6.07) is 10.3. The Kier molecular flexibility index (Phi) is 4.19. The molecule has 2 N–H and O–H groups in total. The minimum absolute atomic E-state index is 0.148. The number of pyridine rings is 1. The predicted molar refractivity (Wildman–Crippen MR) is 90.4 cm³/mol. The van der Waals surface area contributed by atoms with Crippen LogP contribution in [-0.2, 0) is 6.18 Å². The van der Waals surface area contributed by atoms with Crippen LogP contribution in [0.4, 0.5) is 18.9 Å². The maximum atomic E-state index is 12.6. The molecule has 1 amide bonds. The SMILES string of the molecule is CN(C(=O)c1c(O)c2ccccc2[nH]c1=O)c1ccc(C(F)(F)F)cc1. The number of alkyl halides is 3. The van der Waals surface area contributed by atoms with Gasteiger partial charge in [0.1, 0.15) is 11.3 Å². The Labute approximate surface area is 145 Å². The first kappa shape index (κ1) is 17.5. The number of fused-ring (bicyclic) bond motifs is 1. The highest BCUT2D eigenvalue weighted by atomic mass is 19.4. The van der Waals surface area contributed by atoms with Crippen LogP contribution in [0.5, 0.6) is 5.75 Å². The Bertz CT molecular complexity index is 1040. The molecule has 3 rings (SSSR count). The number of nitrogens with one attached hydrogen (secondary N) is 1. The molecule has 0 aliphatic carbocycles. The van der Waals surface area contributed by atoms with E-state index in [4.69, 9.17) is 0 Å². The lowest BCUT2D eigenvalue weighted by atomic mass is 10.1. The Hall–Kier alpha value is -3.29. The molecule has 2 aromatic carbocycles. The molecule has 0 aliphatic heterocycles. The number of anilines is 1. The van der Waals surface area contributed by atoms with Gasteiger partial charge in [-0.1, -0.05) is 12.1 Å². The van der Waals surface area contributed by atoms with Gasteiger partial charge in [-0.3, -0.25) is 9.59 Å². The van der Waals surface area contributed by atoms with Gasteiger partial charge in [0.15, 0.2) is 0 Å². The van der Waals surface area contributed by atoms with E-state index in [2.05, 4.69) is 4.98 Å². The lowest BCUT2D eigenvalue weighted by molar-refractivity contribution is -0.137. The topological polar surface area (TPSA) is 73.4 Å². The third-order valence-corrected chi connectivity index (χ3v) is 3.99. The van der Waals surface area contributed by atoms with E-state index >= 15 is 0 Å². The van der Waals surface area contributed by atoms with Gasteiger partial charge < -0.3 is 15.0 Å². The first-order chi connectivity index (χ1) is 12.2. The monoisotopic (exact) mass is 362 g/mol. The Morgan fingerprint density at radius 2 is 1.69 bits per heavy atom. The molecule has 0 saturated heterocycles. The van der Waals surface area contributed by atoms with E-state index in [0.29, 0.717) is 5.52 Å². The smallest absolute Gasteiger partial charge is 0.416 e. The number of aromatic hydroxyl groups is 1. The molecule has 0 unspecified atom stereocenters. The van der Waals surface area contributed by atoms with Gasteiger partial charge in [0.25, 0.3) is 11.5 Å². The molecule has 0 fully saturated rings. The minimum atomic E-state index is -4.49. The van der Waals surface area contributed by atoms with Gasteiger partial charge >= 0.3 is 6.18 Å². The number of halogens is 3. The van der Waals surface area contributed by atoms with Gasteiger partial charge in [0.2, 0.25) is 0 Å². The molecular weight excluding hydrogens is 349 g/mol. The molecular formula is C18H13F3N2O3. The normalized spacial score (nSPS) is 11.5. The summed E-state index contributed by atoms with van der Waals surface area (Å²) >= 11 is 0. The second-order valence-electron chi connectivity index (χ2n) is 5.63. The van der Waals surface area contributed by atoms with E-state index in [1.165, 1.54) is 13.1 Å². The van der Waals surface area contributed by atoms with Crippen LogP contribution in [0.2, 0.25) is 0 Å². The van der Waals surface area contributed by atoms with Crippen LogP contribution in [0.25, 0.3) is 10.9 Å². The number of hydrogen-bond acceptors (Lipinski definition) is 3. The fraction of sp³-hybridized carbons (Fsp3) is 0.111. The summed E-state index contributed by atoms with van der Waals surface area (Å²) in [5.41, 5.74) is -1.61. The first-order valence-corrected chi connectivity index (χ1v) is 7.49. The average molecular weight is 362 g/mol. The van der Waals surface area contributed by atoms with Gasteiger partial charge in [-0.15, -0.1) is 0 Å². The number of amides is 1. The maximum absolute atomic E-state index is 12.6. The summed E-state index contributed by atoms with van der Waals surface area (Å²) in [7, 11) is 1.30. The molecule has 0 saturated carbocycles. The van der Waals surface area contributed by atoms with Crippen LogP contribution in [-0.4, -0.2) is 23.0 Å². The summed E-state index contributed by atoms with van der Waals surface area (Å²) in [5.74, 6) is -1.32. The van der Waals surface area contributed by atoms with Crippen LogP contribution in [0.3, 0.4) is 0 Å². The van der Waals surface area contributed by atoms with Gasteiger partial charge in [-0.05, 0) is 36.4 Å². The second kappa shape index (κ2) is 6.21. The quantitative estimate of drug-likeness (QED) is 0.733. The molecule has 0 bridgehead atoms. The fourth-order valence-corrected chi connectivity index (χ4v) is 2.58. The molecule has 8 heteroatoms. The maximum Gasteiger partial charge on any atom is 0.416 e. The molecule has 0 aliphatic rings. The van der Waals surface area contributed by atoms with Crippen molar-refractivity contribution < 1.29 is 23.1 Å². The average Bonchev–Trinajstić information content (AvgIpc) is 2.60. The zero-order valence-corrected chi connectivity index (χ0v) is 13.5. The van der Waals surface area contributed by atoms with Gasteiger partial charge in [0.05, 0.1) is 11.1 Å². The molecule has 1 heterocycles. The van der Waals surface area contributed by atoms with Crippen molar-refractivity contribution in [3.05, 3.63) is 70.0 Å². The van der Waals surface area contributed by atoms with Crippen LogP contribution in [0.15, 0.2) is 53.3 Å². The summed E-state index contributed by atoms with van der Waals surface area (Å²) in [6.07, 6.45) is -4.49. The van der Waals surface area contributed by atoms with E-state index in [9.17, 15) is 27.9 Å². The number of rotatable bonds is 2. The largest absolute Gasteiger partial charge is 0.506 e. The minimum Gasteiger partial charge on any atom is -0.506 e. The van der Waals surface area contributed by atoms with E-state index in [0.717, 1.165) is 29.2 Å². The van der Waals surface area contributed by atoms with E-state index in [-0.39, 0.29) is 11.1 Å². The fourth-order valence-electron chi connectivity index (χ4n) is 2.58. The summed E-state index contributed by atoms with van der Waals surface area (Å²) in [5, 5.41) is 10.6. The first-order valence-electron chi connectivity index (χ1n) is 7.49. The van der Waals surface area contributed by atoms with Crippen LogP contribution < -0.4 is 10.5 Å². The number of hydrogen-bond donors (Lipinski definition) is 2. The van der Waals surface area contributed by atoms with Crippen molar-refractivity contribution in [2.24, 2.45) is 0 Å². The van der Waals surface area contributed by atoms with Crippen LogP contribution >= 0.6 is 0 Å². The van der Waals surface area contributed by atoms with Crippen molar-refractivity contribution in [2.75, 3.05) is 11.9 Å². The molecule has 5 nitrogen and oxygen atoms in total. The van der Waals surface area contributed by atoms with Gasteiger partial charge in [-0.2, -0.15) is 13.2 Å². The van der Waals surface area contributed by atoms with Gasteiger partial charge in [0, 0.05) is 18.1 Å². The molecule has 1 aromatic heterocycles. The van der Waals surface area contributed by atoms with E-state index in [1.807, 2.05) is 0 Å². The number of aromatic nitrogens is 1. The molecule has 0 radical (unpaired) electrons. The molecule has 0 atom stereocenters. The number of H-pyrrole nitrogens is 1. The van der Waals surface area contributed by atoms with Crippen molar-refractivity contribution in [2.45, 2.75) is 6.18 Å². The van der Waals surface area contributed by atoms with Crippen molar-refractivity contribution in [1.82, 2.24) is 4.98 Å². The Morgan fingerprint density at radius 3 is 2.31 bits per heavy atom. The highest BCUT2D eigenvalue weighted by molar-refractivity contribution is 6.10. The molecule has 0 spiro atoms. The third kappa shape index (κ3) is 3.01. The Balaban J connectivity index is 2.01. The molecule has 3 aromatic rings. The lowest BCUT2D eigenvalue weighted by Gasteiger charge is -2.18. The van der Waals surface area contributed by atoms with Crippen LogP contribution in [0, 0.1) is 0 Å². The number of benzene rings is 2. The number of carbonyl (C=O) groups is 1. The van der Waals surface area contributed by atoms with Crippen molar-refractivity contribution in [3.63, 3.8) is 0 Å². The van der Waals surface area contributed by atoms with Crippen molar-refractivity contribution >= 4 is 22.5 Å². The highest BCUT2D eigenvalue weighted by Gasteiger charge is 2.30. The van der Waals surface area contributed by atoms with Crippen LogP contribution in [0.1, 0.15) is 15.9 Å². The molecule has 26 heavy (non-hydrogen) atoms. The number of para-hydroxylation sites is 1. The third-order valence-electron chi connectivity index (χ3n) is 3.99. The summed E-state index contributed by atoms with van der Waals surface area (Å²) in [4.78, 5) is 28.3. The lowest BCUT2D eigenvalue weighted by Crippen LogP contribution is -2.31. The second-order valence-corrected chi connectivity index (χ2v) is 5.63. The van der Waals surface area contributed by atoms with Crippen molar-refractivity contribution in [1.29, 1.82) is 0 Å². The zero-order valence-electron chi connectivity index (χ0n) is 13.5. The summed E-state index contributed by atoms with van der Waals surface area (Å²) in [6.45, 7) is 0. The highest BCUT2D eigenvalue weighted by Crippen LogP contribution is 2.31. The predicted octanol–water partition coefficient (Wildman–Crippen LogP) is 3.53.